The molecule has 0 aromatic heterocycles. The number of ether oxygens (including phenoxy) is 1. The summed E-state index contributed by atoms with van der Waals surface area (Å²) in [4.78, 5) is 22.4. The number of hydrogen-bond acceptors (Lipinski definition) is 3. The Bertz CT molecular complexity index is 434. The van der Waals surface area contributed by atoms with Crippen molar-refractivity contribution in [3.8, 4) is 0 Å². The fourth-order valence-electron chi connectivity index (χ4n) is 1.17. The number of rotatable bonds is 5. The van der Waals surface area contributed by atoms with E-state index in [4.69, 9.17) is 10.5 Å². The van der Waals surface area contributed by atoms with Crippen LogP contribution in [0.3, 0.4) is 0 Å². The van der Waals surface area contributed by atoms with Crippen LogP contribution in [-0.2, 0) is 4.74 Å². The molecule has 0 aliphatic rings. The predicted octanol–water partition coefficient (Wildman–Crippen LogP) is 1.91. The Hall–Kier alpha value is -2.10. The van der Waals surface area contributed by atoms with Crippen LogP contribution in [0, 0.1) is 0 Å². The van der Waals surface area contributed by atoms with Gasteiger partial charge in [0.15, 0.2) is 0 Å². The third-order valence-corrected chi connectivity index (χ3v) is 2.17. The summed E-state index contributed by atoms with van der Waals surface area (Å²) in [7, 11) is 0. The molecule has 0 unspecified atom stereocenters. The third kappa shape index (κ3) is 4.10. The molecule has 0 heterocycles. The Labute approximate surface area is 100 Å². The minimum Gasteiger partial charge on any atom is -0.462 e. The summed E-state index contributed by atoms with van der Waals surface area (Å²) in [5.74, 6) is -0.936. The minimum atomic E-state index is -0.521. The van der Waals surface area contributed by atoms with Gasteiger partial charge in [0.1, 0.15) is 0 Å². The van der Waals surface area contributed by atoms with Gasteiger partial charge in [-0.25, -0.2) is 4.79 Å². The zero-order chi connectivity index (χ0) is 12.8. The van der Waals surface area contributed by atoms with E-state index >= 15 is 0 Å². The lowest BCUT2D eigenvalue weighted by molar-refractivity contribution is 0.0509. The highest BCUT2D eigenvalue weighted by Gasteiger charge is 2.07. The summed E-state index contributed by atoms with van der Waals surface area (Å²) in [5.41, 5.74) is 6.81. The molecule has 4 nitrogen and oxygen atoms in total. The minimum absolute atomic E-state index is 0.311. The van der Waals surface area contributed by atoms with Crippen molar-refractivity contribution < 1.29 is 14.3 Å². The number of amides is 1. The van der Waals surface area contributed by atoms with Gasteiger partial charge in [0.25, 0.3) is 0 Å². The van der Waals surface area contributed by atoms with E-state index in [-0.39, 0.29) is 0 Å². The molecule has 4 heteroatoms. The van der Waals surface area contributed by atoms with Gasteiger partial charge >= 0.3 is 5.97 Å². The third-order valence-electron chi connectivity index (χ3n) is 2.17. The van der Waals surface area contributed by atoms with E-state index in [9.17, 15) is 9.59 Å². The van der Waals surface area contributed by atoms with Crippen LogP contribution >= 0.6 is 0 Å². The van der Waals surface area contributed by atoms with E-state index in [1.165, 1.54) is 24.3 Å². The van der Waals surface area contributed by atoms with Gasteiger partial charge in [0, 0.05) is 12.0 Å². The second-order valence-electron chi connectivity index (χ2n) is 3.78. The maximum absolute atomic E-state index is 11.5. The van der Waals surface area contributed by atoms with Crippen LogP contribution < -0.4 is 5.73 Å². The molecule has 1 aromatic rings. The molecular weight excluding hydrogens is 218 g/mol. The number of carbonyl (C=O) groups excluding carboxylic acids is 2. The molecule has 0 aliphatic carbocycles. The first-order valence-corrected chi connectivity index (χ1v) is 5.22. The van der Waals surface area contributed by atoms with Crippen molar-refractivity contribution in [2.24, 2.45) is 5.73 Å². The Morgan fingerprint density at radius 3 is 2.24 bits per heavy atom. The van der Waals surface area contributed by atoms with E-state index in [0.717, 1.165) is 5.57 Å². The number of benzene rings is 1. The van der Waals surface area contributed by atoms with Crippen molar-refractivity contribution in [1.82, 2.24) is 0 Å². The Balaban J connectivity index is 2.57. The maximum Gasteiger partial charge on any atom is 0.338 e. The Morgan fingerprint density at radius 1 is 1.24 bits per heavy atom. The lowest BCUT2D eigenvalue weighted by atomic mass is 10.1. The molecule has 0 aliphatic heterocycles. The van der Waals surface area contributed by atoms with Crippen LogP contribution in [0.4, 0.5) is 0 Å². The average Bonchev–Trinajstić information content (AvgIpc) is 2.28. The van der Waals surface area contributed by atoms with E-state index in [2.05, 4.69) is 6.58 Å². The summed E-state index contributed by atoms with van der Waals surface area (Å²) in [6.07, 6.45) is 0.644. The smallest absolute Gasteiger partial charge is 0.338 e. The van der Waals surface area contributed by atoms with Gasteiger partial charge in [-0.2, -0.15) is 0 Å². The molecule has 0 saturated carbocycles. The monoisotopic (exact) mass is 233 g/mol. The predicted molar refractivity (Wildman–Crippen MR) is 64.7 cm³/mol. The fourth-order valence-corrected chi connectivity index (χ4v) is 1.17. The second kappa shape index (κ2) is 5.84. The number of hydrogen-bond donors (Lipinski definition) is 1. The maximum atomic E-state index is 11.5. The molecule has 1 rings (SSSR count). The number of carbonyl (C=O) groups is 2. The first-order chi connectivity index (χ1) is 8.00. The number of esters is 1. The van der Waals surface area contributed by atoms with Crippen LogP contribution in [0.1, 0.15) is 34.1 Å². The summed E-state index contributed by atoms with van der Waals surface area (Å²) in [5, 5.41) is 0. The van der Waals surface area contributed by atoms with Gasteiger partial charge in [-0.05, 0) is 31.2 Å². The molecule has 2 N–H and O–H groups in total. The largest absolute Gasteiger partial charge is 0.462 e. The number of primary amides is 1. The van der Waals surface area contributed by atoms with Crippen LogP contribution in [0.2, 0.25) is 0 Å². The van der Waals surface area contributed by atoms with Crippen LogP contribution in [0.15, 0.2) is 36.4 Å². The van der Waals surface area contributed by atoms with Gasteiger partial charge < -0.3 is 10.5 Å². The fraction of sp³-hybridized carbons (Fsp3) is 0.231. The van der Waals surface area contributed by atoms with Crippen molar-refractivity contribution in [2.45, 2.75) is 13.3 Å². The molecule has 0 atom stereocenters. The molecule has 0 spiro atoms. The molecule has 0 bridgehead atoms. The molecular formula is C13H15NO3. The van der Waals surface area contributed by atoms with Gasteiger partial charge in [0.2, 0.25) is 5.91 Å². The quantitative estimate of drug-likeness (QED) is 0.623. The second-order valence-corrected chi connectivity index (χ2v) is 3.78. The van der Waals surface area contributed by atoms with E-state index in [0.29, 0.717) is 24.2 Å². The highest BCUT2D eigenvalue weighted by atomic mass is 16.5. The Morgan fingerprint density at radius 2 is 1.76 bits per heavy atom. The van der Waals surface area contributed by atoms with Crippen LogP contribution in [0.5, 0.6) is 0 Å². The summed E-state index contributed by atoms with van der Waals surface area (Å²) >= 11 is 0. The Kier molecular flexibility index (Phi) is 4.46. The SMILES string of the molecule is C=C(C)CCOC(=O)c1ccc(C(N)=O)cc1. The highest BCUT2D eigenvalue weighted by molar-refractivity contribution is 5.95. The lowest BCUT2D eigenvalue weighted by Gasteiger charge is -2.04. The molecule has 17 heavy (non-hydrogen) atoms. The molecule has 1 amide bonds. The first kappa shape index (κ1) is 13.0. The van der Waals surface area contributed by atoms with Crippen molar-refractivity contribution in [2.75, 3.05) is 6.61 Å². The van der Waals surface area contributed by atoms with E-state index < -0.39 is 11.9 Å². The lowest BCUT2D eigenvalue weighted by Crippen LogP contribution is -2.12. The van der Waals surface area contributed by atoms with Gasteiger partial charge in [-0.3, -0.25) is 4.79 Å². The van der Waals surface area contributed by atoms with Crippen molar-refractivity contribution >= 4 is 11.9 Å². The topological polar surface area (TPSA) is 69.4 Å². The van der Waals surface area contributed by atoms with Crippen molar-refractivity contribution in [1.29, 1.82) is 0 Å². The molecule has 0 saturated heterocycles. The highest BCUT2D eigenvalue weighted by Crippen LogP contribution is 2.06. The van der Waals surface area contributed by atoms with Crippen LogP contribution in [0.25, 0.3) is 0 Å². The van der Waals surface area contributed by atoms with Crippen molar-refractivity contribution in [3.05, 3.63) is 47.5 Å². The van der Waals surface area contributed by atoms with Crippen molar-refractivity contribution in [3.63, 3.8) is 0 Å². The number of nitrogens with two attached hydrogens (primary N) is 1. The normalized spacial score (nSPS) is 9.71. The van der Waals surface area contributed by atoms with Crippen LogP contribution in [-0.4, -0.2) is 18.5 Å². The molecule has 1 aromatic carbocycles. The summed E-state index contributed by atoms with van der Waals surface area (Å²) in [6, 6.07) is 6.03. The van der Waals surface area contributed by atoms with E-state index in [1.807, 2.05) is 6.92 Å². The molecule has 0 radical (unpaired) electrons. The molecule has 90 valence electrons. The first-order valence-electron chi connectivity index (χ1n) is 5.22. The van der Waals surface area contributed by atoms with Gasteiger partial charge in [0.05, 0.1) is 12.2 Å². The molecule has 0 fully saturated rings. The zero-order valence-corrected chi connectivity index (χ0v) is 9.73. The standard InChI is InChI=1S/C13H15NO3/c1-9(2)7-8-17-13(16)11-5-3-10(4-6-11)12(14)15/h3-6H,1,7-8H2,2H3,(H2,14,15). The van der Waals surface area contributed by atoms with Gasteiger partial charge in [-0.1, -0.05) is 5.57 Å². The summed E-state index contributed by atoms with van der Waals surface area (Å²) in [6.45, 7) is 5.89. The average molecular weight is 233 g/mol. The summed E-state index contributed by atoms with van der Waals surface area (Å²) < 4.78 is 5.02. The van der Waals surface area contributed by atoms with Gasteiger partial charge in [-0.15, -0.1) is 6.58 Å². The van der Waals surface area contributed by atoms with E-state index in [1.54, 1.807) is 0 Å². The zero-order valence-electron chi connectivity index (χ0n) is 9.73.